The van der Waals surface area contributed by atoms with E-state index in [1.165, 1.54) is 55.9 Å². The van der Waals surface area contributed by atoms with Crippen molar-refractivity contribution < 1.29 is 49.0 Å². The summed E-state index contributed by atoms with van der Waals surface area (Å²) in [4.78, 5) is 0. The standard InChI is InChI=1S/C18H15.C3H6.2ClH.Zr/c1-2-6-13(5-1)14-9-10-18-16(11-14)12-15-7-3-4-8-17(15)18;1-3-2;;;/h3-5,7-10H,1-2,6,12H2;1-2H3;2*1H;/q-1;;;;+2/p-2. The van der Waals surface area contributed by atoms with Crippen LogP contribution in [0.5, 0.6) is 0 Å². The number of hydrogen-bond donors (Lipinski definition) is 0. The van der Waals surface area contributed by atoms with Crippen LogP contribution in [0, 0.1) is 6.07 Å². The minimum atomic E-state index is 0. The molecule has 4 rings (SSSR count). The zero-order valence-electron chi connectivity index (χ0n) is 14.1. The molecule has 0 aromatic heterocycles. The van der Waals surface area contributed by atoms with Gasteiger partial charge in [0.15, 0.2) is 0 Å². The van der Waals surface area contributed by atoms with Crippen molar-refractivity contribution in [1.82, 2.24) is 0 Å². The summed E-state index contributed by atoms with van der Waals surface area (Å²) in [5.74, 6) is 0. The monoisotopic (exact) mass is 433 g/mol. The van der Waals surface area contributed by atoms with Gasteiger partial charge in [0.2, 0.25) is 0 Å². The van der Waals surface area contributed by atoms with Crippen LogP contribution in [0.3, 0.4) is 0 Å². The Bertz CT molecular complexity index is 743. The van der Waals surface area contributed by atoms with Gasteiger partial charge < -0.3 is 24.8 Å². The van der Waals surface area contributed by atoms with Crippen molar-refractivity contribution in [3.63, 3.8) is 0 Å². The second-order valence-electron chi connectivity index (χ2n) is 6.22. The smallest absolute Gasteiger partial charge is 0.0195 e. The maximum atomic E-state index is 3.65. The minimum Gasteiger partial charge on any atom is -1.00 e. The van der Waals surface area contributed by atoms with Gasteiger partial charge in [-0.25, -0.2) is 0 Å². The van der Waals surface area contributed by atoms with Gasteiger partial charge in [-0.1, -0.05) is 48.2 Å². The summed E-state index contributed by atoms with van der Waals surface area (Å²) in [6.45, 7) is 4.25. The summed E-state index contributed by atoms with van der Waals surface area (Å²) in [7, 11) is 0. The first-order valence-electron chi connectivity index (χ1n) is 8.00. The summed E-state index contributed by atoms with van der Waals surface area (Å²) < 4.78 is 1.51. The number of rotatable bonds is 1. The molecule has 24 heavy (non-hydrogen) atoms. The molecule has 0 N–H and O–H groups in total. The predicted octanol–water partition coefficient (Wildman–Crippen LogP) is -0.621. The minimum absolute atomic E-state index is 0. The van der Waals surface area contributed by atoms with Crippen LogP contribution in [0.15, 0.2) is 42.5 Å². The fourth-order valence-corrected chi connectivity index (χ4v) is 3.16. The first-order valence-corrected chi connectivity index (χ1v) is 9.22. The van der Waals surface area contributed by atoms with Crippen molar-refractivity contribution in [3.05, 3.63) is 65.2 Å². The molecule has 0 bridgehead atoms. The third-order valence-corrected chi connectivity index (χ3v) is 4.09. The molecule has 2 aliphatic rings. The topological polar surface area (TPSA) is 0 Å². The normalized spacial score (nSPS) is 13.4. The quantitative estimate of drug-likeness (QED) is 0.447. The van der Waals surface area contributed by atoms with Crippen LogP contribution >= 0.6 is 0 Å². The summed E-state index contributed by atoms with van der Waals surface area (Å²) in [5.41, 5.74) is 8.42. The van der Waals surface area contributed by atoms with Crippen molar-refractivity contribution in [2.24, 2.45) is 0 Å². The van der Waals surface area contributed by atoms with Gasteiger partial charge in [0, 0.05) is 0 Å². The van der Waals surface area contributed by atoms with Gasteiger partial charge in [-0.3, -0.25) is 0 Å². The average molecular weight is 436 g/mol. The van der Waals surface area contributed by atoms with E-state index in [0.717, 1.165) is 6.42 Å². The van der Waals surface area contributed by atoms with Crippen molar-refractivity contribution >= 4 is 8.78 Å². The third-order valence-electron chi connectivity index (χ3n) is 4.09. The van der Waals surface area contributed by atoms with Gasteiger partial charge in [0.25, 0.3) is 0 Å². The van der Waals surface area contributed by atoms with Crippen molar-refractivity contribution in [2.75, 3.05) is 0 Å². The SMILES string of the molecule is C[C](C)=[Zr+2].[Cl-].[Cl-].[c-]1c(C2=CCCC2)ccc2c1Cc1ccccc1-2. The van der Waals surface area contributed by atoms with Gasteiger partial charge in [-0.2, -0.15) is 0 Å². The Labute approximate surface area is 172 Å². The van der Waals surface area contributed by atoms with Crippen LogP contribution in [-0.4, -0.2) is 3.21 Å². The zero-order valence-corrected chi connectivity index (χ0v) is 18.1. The molecule has 3 heteroatoms. The maximum absolute atomic E-state index is 3.65. The molecule has 2 aromatic rings. The molecule has 0 nitrogen and oxygen atoms in total. The predicted molar refractivity (Wildman–Crippen MR) is 91.7 cm³/mol. The fraction of sp³-hybridized carbons (Fsp3) is 0.286. The van der Waals surface area contributed by atoms with E-state index in [2.05, 4.69) is 62.4 Å². The van der Waals surface area contributed by atoms with Crippen molar-refractivity contribution in [2.45, 2.75) is 39.5 Å². The maximum Gasteiger partial charge on any atom is -0.0195 e. The molecule has 2 aliphatic carbocycles. The van der Waals surface area contributed by atoms with E-state index in [4.69, 9.17) is 0 Å². The molecule has 0 amide bonds. The van der Waals surface area contributed by atoms with Gasteiger partial charge in [0.1, 0.15) is 0 Å². The summed E-state index contributed by atoms with van der Waals surface area (Å²) in [6.07, 6.45) is 7.19. The first kappa shape index (κ1) is 21.6. The number of benzene rings is 2. The Morgan fingerprint density at radius 3 is 2.38 bits per heavy atom. The summed E-state index contributed by atoms with van der Waals surface area (Å²) in [6, 6.07) is 16.9. The van der Waals surface area contributed by atoms with Crippen molar-refractivity contribution in [1.29, 1.82) is 0 Å². The van der Waals surface area contributed by atoms with Crippen LogP contribution in [0.2, 0.25) is 0 Å². The number of fused-ring (bicyclic) bond motifs is 3. The van der Waals surface area contributed by atoms with E-state index in [1.54, 1.807) is 24.2 Å². The molecule has 0 saturated carbocycles. The van der Waals surface area contributed by atoms with Gasteiger partial charge in [-0.05, 0) is 18.4 Å². The molecule has 124 valence electrons. The number of allylic oxidation sites excluding steroid dienone is 2. The van der Waals surface area contributed by atoms with Crippen molar-refractivity contribution in [3.8, 4) is 11.1 Å². The van der Waals surface area contributed by atoms with Gasteiger partial charge in [-0.15, -0.1) is 41.0 Å². The molecule has 0 radical (unpaired) electrons. The van der Waals surface area contributed by atoms with E-state index in [0.29, 0.717) is 0 Å². The van der Waals surface area contributed by atoms with E-state index in [-0.39, 0.29) is 24.8 Å². The van der Waals surface area contributed by atoms with E-state index in [9.17, 15) is 0 Å². The summed E-state index contributed by atoms with van der Waals surface area (Å²) in [5, 5.41) is 0. The molecule has 0 unspecified atom stereocenters. The van der Waals surface area contributed by atoms with Crippen LogP contribution in [0.4, 0.5) is 0 Å². The Morgan fingerprint density at radius 1 is 1.00 bits per heavy atom. The van der Waals surface area contributed by atoms with Gasteiger partial charge in [0.05, 0.1) is 0 Å². The summed E-state index contributed by atoms with van der Waals surface area (Å²) >= 11 is 1.55. The Hall–Kier alpha value is -0.487. The van der Waals surface area contributed by atoms with Crippen LogP contribution < -0.4 is 24.8 Å². The number of halogens is 2. The Balaban J connectivity index is 0.000000438. The second kappa shape index (κ2) is 9.86. The van der Waals surface area contributed by atoms with E-state index in [1.807, 2.05) is 0 Å². The third kappa shape index (κ3) is 5.01. The fourth-order valence-electron chi connectivity index (χ4n) is 3.16. The molecule has 0 heterocycles. The zero-order chi connectivity index (χ0) is 15.5. The van der Waals surface area contributed by atoms with E-state index < -0.39 is 0 Å². The molecule has 0 aliphatic heterocycles. The van der Waals surface area contributed by atoms with Crippen LogP contribution in [0.25, 0.3) is 16.7 Å². The largest absolute Gasteiger partial charge is 1.00 e. The molecule has 2 aromatic carbocycles. The first-order chi connectivity index (χ1) is 10.6. The molecule has 0 saturated heterocycles. The molecule has 0 atom stereocenters. The van der Waals surface area contributed by atoms with Gasteiger partial charge >= 0.3 is 41.3 Å². The molecule has 0 spiro atoms. The van der Waals surface area contributed by atoms with Crippen LogP contribution in [-0.2, 0) is 30.7 Å². The molecular formula is C21H21Cl2Zr-. The Morgan fingerprint density at radius 2 is 1.71 bits per heavy atom. The average Bonchev–Trinajstić information content (AvgIpc) is 3.13. The number of hydrogen-bond acceptors (Lipinski definition) is 0. The second-order valence-corrected chi connectivity index (χ2v) is 8.68. The molecular weight excluding hydrogens is 414 g/mol. The van der Waals surface area contributed by atoms with Crippen LogP contribution in [0.1, 0.15) is 49.8 Å². The Kier molecular flexibility index (Phi) is 8.85. The molecule has 0 fully saturated rings. The van der Waals surface area contributed by atoms with E-state index >= 15 is 0 Å².